The van der Waals surface area contributed by atoms with E-state index in [1.54, 1.807) is 0 Å². The smallest absolute Gasteiger partial charge is 0.161 e. The molecule has 27 aromatic rings. The van der Waals surface area contributed by atoms with Gasteiger partial charge in [-0.3, -0.25) is 0 Å². The molecule has 27 rings (SSSR count). The van der Waals surface area contributed by atoms with Crippen LogP contribution in [0.25, 0.3) is 249 Å². The molecule has 0 saturated heterocycles. The van der Waals surface area contributed by atoms with Gasteiger partial charge in [-0.1, -0.05) is 279 Å². The van der Waals surface area contributed by atoms with Crippen molar-refractivity contribution in [2.45, 2.75) is 0 Å². The van der Waals surface area contributed by atoms with E-state index in [2.05, 4.69) is 408 Å². The fourth-order valence-corrected chi connectivity index (χ4v) is 19.0. The Bertz CT molecular complexity index is 8850. The molecule has 123 heavy (non-hydrogen) atoms. The molecule has 18 aromatic carbocycles. The molecular formula is C114H69N3O6. The molecule has 0 aliphatic carbocycles. The molecule has 0 fully saturated rings. The molecule has 0 radical (unpaired) electrons. The summed E-state index contributed by atoms with van der Waals surface area (Å²) in [6.45, 7) is 0. The molecule has 9 heteroatoms. The van der Waals surface area contributed by atoms with Crippen LogP contribution < -0.4 is 0 Å². The van der Waals surface area contributed by atoms with Gasteiger partial charge in [-0.15, -0.1) is 0 Å². The van der Waals surface area contributed by atoms with Crippen LogP contribution in [0.1, 0.15) is 0 Å². The van der Waals surface area contributed by atoms with Crippen LogP contribution in [0, 0.1) is 0 Å². The maximum atomic E-state index is 6.61. The number of hydrogen-bond acceptors (Lipinski definition) is 6. The van der Waals surface area contributed by atoms with Crippen molar-refractivity contribution in [1.82, 2.24) is 13.7 Å². The highest BCUT2D eigenvalue weighted by Crippen LogP contribution is 2.49. The average molecular weight is 1580 g/mol. The Morgan fingerprint density at radius 2 is 0.447 bits per heavy atom. The highest BCUT2D eigenvalue weighted by atomic mass is 16.4. The highest BCUT2D eigenvalue weighted by Gasteiger charge is 2.27. The van der Waals surface area contributed by atoms with Gasteiger partial charge in [0.1, 0.15) is 66.8 Å². The lowest BCUT2D eigenvalue weighted by Crippen LogP contribution is -1.93. The van der Waals surface area contributed by atoms with Crippen LogP contribution in [0.4, 0.5) is 0 Å². The van der Waals surface area contributed by atoms with Crippen molar-refractivity contribution in [2.75, 3.05) is 0 Å². The number of fused-ring (bicyclic) bond motifs is 24. The van der Waals surface area contributed by atoms with Crippen molar-refractivity contribution in [3.8, 4) is 83.8 Å². The predicted octanol–water partition coefficient (Wildman–Crippen LogP) is 32.3. The first-order chi connectivity index (χ1) is 61.0. The minimum absolute atomic E-state index is 0.863. The van der Waals surface area contributed by atoms with E-state index in [0.29, 0.717) is 0 Å². The summed E-state index contributed by atoms with van der Waals surface area (Å²) in [5, 5.41) is 13.3. The fraction of sp³-hybridized carbons (Fsp3) is 0. The largest absolute Gasteiger partial charge is 0.455 e. The first-order valence-electron chi connectivity index (χ1n) is 41.6. The molecule has 0 atom stereocenters. The number of aromatic nitrogens is 3. The summed E-state index contributed by atoms with van der Waals surface area (Å²) < 4.78 is 46.3. The lowest BCUT2D eigenvalue weighted by molar-refractivity contribution is 0.669. The molecule has 0 N–H and O–H groups in total. The van der Waals surface area contributed by atoms with Crippen molar-refractivity contribution in [3.63, 3.8) is 0 Å². The summed E-state index contributed by atoms with van der Waals surface area (Å²) in [6, 6.07) is 146. The lowest BCUT2D eigenvalue weighted by Gasteiger charge is -2.09. The van der Waals surface area contributed by atoms with Gasteiger partial charge >= 0.3 is 0 Å². The van der Waals surface area contributed by atoms with Crippen LogP contribution in [0.2, 0.25) is 0 Å². The van der Waals surface area contributed by atoms with Gasteiger partial charge in [-0.25, -0.2) is 0 Å². The van der Waals surface area contributed by atoms with Gasteiger partial charge in [0.2, 0.25) is 0 Å². The van der Waals surface area contributed by atoms with Crippen molar-refractivity contribution in [1.29, 1.82) is 0 Å². The summed E-state index contributed by atoms with van der Waals surface area (Å²) in [6.07, 6.45) is 0. The average Bonchev–Trinajstić information content (AvgIpc) is 1.56. The summed E-state index contributed by atoms with van der Waals surface area (Å²) in [7, 11) is 0. The van der Waals surface area contributed by atoms with Crippen LogP contribution >= 0.6 is 0 Å². The highest BCUT2D eigenvalue weighted by molar-refractivity contribution is 6.24. The maximum Gasteiger partial charge on any atom is 0.161 e. The molecule has 9 heterocycles. The number of benzene rings is 18. The van der Waals surface area contributed by atoms with Crippen LogP contribution in [0.3, 0.4) is 0 Å². The Morgan fingerprint density at radius 1 is 0.146 bits per heavy atom. The van der Waals surface area contributed by atoms with E-state index in [1.165, 1.54) is 33.4 Å². The zero-order chi connectivity index (χ0) is 80.7. The number of nitrogens with zero attached hydrogens (tertiary/aromatic N) is 3. The third kappa shape index (κ3) is 11.2. The summed E-state index contributed by atoms with van der Waals surface area (Å²) in [5.74, 6) is 0. The quantitative estimate of drug-likeness (QED) is 0.143. The number of furan rings is 6. The molecule has 0 amide bonds. The third-order valence-corrected chi connectivity index (χ3v) is 24.6. The Kier molecular flexibility index (Phi) is 15.8. The van der Waals surface area contributed by atoms with E-state index in [1.807, 2.05) is 24.3 Å². The van der Waals surface area contributed by atoms with Gasteiger partial charge in [0.15, 0.2) is 16.7 Å². The lowest BCUT2D eigenvalue weighted by atomic mass is 9.98. The van der Waals surface area contributed by atoms with E-state index in [-0.39, 0.29) is 0 Å². The maximum absolute atomic E-state index is 6.61. The number of para-hydroxylation sites is 9. The van der Waals surface area contributed by atoms with Crippen LogP contribution in [-0.4, -0.2) is 13.7 Å². The van der Waals surface area contributed by atoms with Gasteiger partial charge in [-0.2, -0.15) is 0 Å². The van der Waals surface area contributed by atoms with E-state index in [4.69, 9.17) is 26.5 Å². The van der Waals surface area contributed by atoms with Gasteiger partial charge in [0.25, 0.3) is 0 Å². The second kappa shape index (κ2) is 28.0. The first-order valence-corrected chi connectivity index (χ1v) is 41.6. The molecule has 0 saturated carbocycles. The monoisotopic (exact) mass is 1580 g/mol. The van der Waals surface area contributed by atoms with E-state index in [0.717, 1.165) is 215 Å². The summed E-state index contributed by atoms with van der Waals surface area (Å²) >= 11 is 0. The zero-order valence-corrected chi connectivity index (χ0v) is 66.1. The van der Waals surface area contributed by atoms with Crippen molar-refractivity contribution in [3.05, 3.63) is 419 Å². The molecule has 0 aliphatic rings. The van der Waals surface area contributed by atoms with Gasteiger partial charge in [-0.05, 0) is 190 Å². The predicted molar refractivity (Wildman–Crippen MR) is 506 cm³/mol. The van der Waals surface area contributed by atoms with Crippen LogP contribution in [-0.2, 0) is 0 Å². The SMILES string of the molecule is c1ccc(-c2ccc3oc4c(-c5ccc6c(c5)oc5c7ccccc7n(-c7ccccc7)c65)cccc4c3c2)cc1.c1ccc(-c2ccc3oc4c(-c5ccc6oc7c8ccccc8n(-c8ccccc8)c7c6c5)cccc4c3c2)cc1.c1ccc(-c2ccc3oc4c(-c5cccc6oc7c8ccccc8n(-c8ccccc8)c7c56)cccc4c3c2)cc1. The Balaban J connectivity index is 0.000000101. The second-order valence-electron chi connectivity index (χ2n) is 31.6. The fourth-order valence-electron chi connectivity index (χ4n) is 19.0. The molecule has 0 spiro atoms. The van der Waals surface area contributed by atoms with Crippen molar-refractivity contribution < 1.29 is 26.5 Å². The van der Waals surface area contributed by atoms with E-state index in [9.17, 15) is 0 Å². The zero-order valence-electron chi connectivity index (χ0n) is 66.1. The Labute approximate surface area is 702 Å². The molecule has 9 nitrogen and oxygen atoms in total. The molecule has 0 aliphatic heterocycles. The normalized spacial score (nSPS) is 11.9. The van der Waals surface area contributed by atoms with Crippen LogP contribution in [0.15, 0.2) is 445 Å². The van der Waals surface area contributed by atoms with Gasteiger partial charge in [0.05, 0.1) is 21.9 Å². The Hall–Kier alpha value is -16.6. The summed E-state index contributed by atoms with van der Waals surface area (Å²) in [5.41, 5.74) is 34.2. The molecule has 0 unspecified atom stereocenters. The topological polar surface area (TPSA) is 93.6 Å². The van der Waals surface area contributed by atoms with E-state index >= 15 is 0 Å². The first kappa shape index (κ1) is 69.5. The number of hydrogen-bond donors (Lipinski definition) is 0. The number of rotatable bonds is 9. The molecule has 9 aromatic heterocycles. The Morgan fingerprint density at radius 3 is 0.902 bits per heavy atom. The summed E-state index contributed by atoms with van der Waals surface area (Å²) in [4.78, 5) is 0. The van der Waals surface area contributed by atoms with E-state index < -0.39 is 0 Å². The molecule has 576 valence electrons. The third-order valence-electron chi connectivity index (χ3n) is 24.6. The standard InChI is InChI=1S/3C38H23NO2/c1-3-11-24(12-4-1)25-21-22-33-31(23-25)29-18-9-17-28(37(29)40-33)27-16-10-20-34-35(27)36-38(41-34)30-15-7-8-19-32(30)39(36)26-13-5-2-6-14-26;1-3-10-24(11-4-1)25-19-21-34-32(22-25)29-16-9-15-28(37(29)40-34)26-18-20-31-35(23-26)41-38-30-14-7-8-17-33(30)39(36(31)38)27-12-5-2-6-13-27;1-3-10-24(11-4-1)25-18-20-34-31(22-25)29-16-9-15-28(37(29)40-34)26-19-21-35-32(23-26)36-38(41-35)30-14-7-8-17-33(30)39(36)27-12-5-2-6-13-27/h3*1-23H. The minimum atomic E-state index is 0.863. The molecule has 0 bridgehead atoms. The molecular weight excluding hydrogens is 1510 g/mol. The minimum Gasteiger partial charge on any atom is -0.455 e. The van der Waals surface area contributed by atoms with Gasteiger partial charge < -0.3 is 40.2 Å². The van der Waals surface area contributed by atoms with Gasteiger partial charge in [0, 0.05) is 93.0 Å². The van der Waals surface area contributed by atoms with Crippen molar-refractivity contribution in [2.24, 2.45) is 0 Å². The van der Waals surface area contributed by atoms with Crippen LogP contribution in [0.5, 0.6) is 0 Å². The van der Waals surface area contributed by atoms with Crippen molar-refractivity contribution >= 4 is 165 Å². The second-order valence-corrected chi connectivity index (χ2v) is 31.6.